The molecule has 148 valence electrons. The molecule has 0 aromatic carbocycles. The number of rotatable bonds is 10. The van der Waals surface area contributed by atoms with Crippen LogP contribution in [0.1, 0.15) is 57.8 Å². The SMILES string of the molecule is COC(=O)CCCC=CC[C@@H]1[C@@H](C=CCC(O)C2CCC2)[C@H](O)C[C@H]1Cl. The van der Waals surface area contributed by atoms with Gasteiger partial charge in [-0.3, -0.25) is 4.79 Å². The van der Waals surface area contributed by atoms with E-state index in [0.717, 1.165) is 32.1 Å². The first-order chi connectivity index (χ1) is 12.5. The van der Waals surface area contributed by atoms with Crippen LogP contribution in [0, 0.1) is 17.8 Å². The number of aliphatic hydroxyl groups is 2. The molecule has 4 nitrogen and oxygen atoms in total. The highest BCUT2D eigenvalue weighted by molar-refractivity contribution is 6.21. The van der Waals surface area contributed by atoms with E-state index in [0.29, 0.717) is 25.2 Å². The lowest BCUT2D eigenvalue weighted by Crippen LogP contribution is -2.26. The van der Waals surface area contributed by atoms with Crippen molar-refractivity contribution >= 4 is 17.6 Å². The fraction of sp³-hybridized carbons (Fsp3) is 0.762. The molecule has 0 saturated heterocycles. The summed E-state index contributed by atoms with van der Waals surface area (Å²) in [5.41, 5.74) is 0. The minimum atomic E-state index is -0.410. The van der Waals surface area contributed by atoms with Crippen LogP contribution in [0.25, 0.3) is 0 Å². The lowest BCUT2D eigenvalue weighted by atomic mass is 9.80. The number of alkyl halides is 1. The standard InChI is InChI=1S/C21H33ClO4/c1-26-21(25)13-5-3-2-4-10-16-17(20(24)14-18(16)22)11-7-12-19(23)15-8-6-9-15/h2,4,7,11,15-20,23-24H,3,5-6,8-10,12-14H2,1H3/t16-,17-,18-,19?,20-/m1/s1. The van der Waals surface area contributed by atoms with Gasteiger partial charge in [-0.15, -0.1) is 11.6 Å². The van der Waals surface area contributed by atoms with Gasteiger partial charge in [0.15, 0.2) is 0 Å². The van der Waals surface area contributed by atoms with Crippen LogP contribution in [-0.2, 0) is 9.53 Å². The van der Waals surface area contributed by atoms with Crippen molar-refractivity contribution in [3.8, 4) is 0 Å². The van der Waals surface area contributed by atoms with Crippen molar-refractivity contribution in [1.82, 2.24) is 0 Å². The number of carbonyl (C=O) groups is 1. The lowest BCUT2D eigenvalue weighted by molar-refractivity contribution is -0.140. The summed E-state index contributed by atoms with van der Waals surface area (Å²) < 4.78 is 4.62. The molecule has 0 spiro atoms. The highest BCUT2D eigenvalue weighted by Gasteiger charge is 2.39. The Morgan fingerprint density at radius 2 is 2.08 bits per heavy atom. The maximum atomic E-state index is 11.1. The van der Waals surface area contributed by atoms with E-state index in [1.807, 2.05) is 6.08 Å². The van der Waals surface area contributed by atoms with Crippen molar-refractivity contribution in [2.24, 2.45) is 17.8 Å². The summed E-state index contributed by atoms with van der Waals surface area (Å²) in [6, 6.07) is 0. The average Bonchev–Trinajstić information content (AvgIpc) is 2.82. The molecular formula is C21H33ClO4. The molecule has 2 N–H and O–H groups in total. The third kappa shape index (κ3) is 6.40. The third-order valence-electron chi connectivity index (χ3n) is 5.85. The molecule has 0 aliphatic heterocycles. The smallest absolute Gasteiger partial charge is 0.305 e. The first kappa shape index (κ1) is 21.5. The van der Waals surface area contributed by atoms with Crippen LogP contribution in [0.5, 0.6) is 0 Å². The molecular weight excluding hydrogens is 352 g/mol. The quantitative estimate of drug-likeness (QED) is 0.258. The number of allylic oxidation sites excluding steroid dienone is 2. The molecule has 5 atom stereocenters. The average molecular weight is 385 g/mol. The topological polar surface area (TPSA) is 66.8 Å². The van der Waals surface area contributed by atoms with Gasteiger partial charge < -0.3 is 14.9 Å². The fourth-order valence-electron chi connectivity index (χ4n) is 3.89. The number of unbranched alkanes of at least 4 members (excludes halogenated alkanes) is 1. The molecule has 2 rings (SSSR count). The molecule has 0 radical (unpaired) electrons. The van der Waals surface area contributed by atoms with Gasteiger partial charge in [0.2, 0.25) is 0 Å². The number of ether oxygens (including phenoxy) is 1. The highest BCUT2D eigenvalue weighted by Crippen LogP contribution is 2.39. The highest BCUT2D eigenvalue weighted by atomic mass is 35.5. The molecule has 0 bridgehead atoms. The predicted octanol–water partition coefficient (Wildman–Crippen LogP) is 3.99. The van der Waals surface area contributed by atoms with Gasteiger partial charge in [0.05, 0.1) is 19.3 Å². The van der Waals surface area contributed by atoms with Crippen LogP contribution in [0.2, 0.25) is 0 Å². The van der Waals surface area contributed by atoms with E-state index in [1.165, 1.54) is 13.5 Å². The number of methoxy groups -OCH3 is 1. The van der Waals surface area contributed by atoms with E-state index < -0.39 is 6.10 Å². The van der Waals surface area contributed by atoms with Crippen molar-refractivity contribution in [2.75, 3.05) is 7.11 Å². The maximum Gasteiger partial charge on any atom is 0.305 e. The molecule has 2 saturated carbocycles. The van der Waals surface area contributed by atoms with Crippen LogP contribution < -0.4 is 0 Å². The Balaban J connectivity index is 1.76. The molecule has 0 aromatic rings. The fourth-order valence-corrected chi connectivity index (χ4v) is 4.35. The summed E-state index contributed by atoms with van der Waals surface area (Å²) >= 11 is 6.45. The molecule has 1 unspecified atom stereocenters. The molecule has 5 heteroatoms. The number of aliphatic hydroxyl groups excluding tert-OH is 2. The van der Waals surface area contributed by atoms with Crippen molar-refractivity contribution in [2.45, 2.75) is 75.4 Å². The van der Waals surface area contributed by atoms with Gasteiger partial charge in [0.25, 0.3) is 0 Å². The van der Waals surface area contributed by atoms with Crippen molar-refractivity contribution in [3.63, 3.8) is 0 Å². The number of carbonyl (C=O) groups excluding carboxylic acids is 1. The Labute approximate surface area is 162 Å². The van der Waals surface area contributed by atoms with E-state index in [4.69, 9.17) is 11.6 Å². The maximum absolute atomic E-state index is 11.1. The van der Waals surface area contributed by atoms with E-state index in [1.54, 1.807) is 0 Å². The molecule has 2 aliphatic rings. The Kier molecular flexibility index (Phi) is 9.17. The number of hydrogen-bond donors (Lipinski definition) is 2. The molecule has 0 aromatic heterocycles. The minimum absolute atomic E-state index is 0.0316. The number of halogens is 1. The Bertz CT molecular complexity index is 486. The van der Waals surface area contributed by atoms with Gasteiger partial charge >= 0.3 is 5.97 Å². The number of esters is 1. The Morgan fingerprint density at radius 1 is 1.31 bits per heavy atom. The first-order valence-electron chi connectivity index (χ1n) is 9.91. The summed E-state index contributed by atoms with van der Waals surface area (Å²) in [5, 5.41) is 20.4. The van der Waals surface area contributed by atoms with Crippen LogP contribution in [-0.4, -0.2) is 40.9 Å². The zero-order chi connectivity index (χ0) is 18.9. The molecule has 0 amide bonds. The van der Waals surface area contributed by atoms with Gasteiger partial charge in [-0.05, 0) is 56.8 Å². The van der Waals surface area contributed by atoms with E-state index in [9.17, 15) is 15.0 Å². The van der Waals surface area contributed by atoms with Crippen molar-refractivity contribution in [3.05, 3.63) is 24.3 Å². The summed E-state index contributed by atoms with van der Waals surface area (Å²) in [5.74, 6) is 0.538. The summed E-state index contributed by atoms with van der Waals surface area (Å²) in [4.78, 5) is 11.1. The largest absolute Gasteiger partial charge is 0.469 e. The van der Waals surface area contributed by atoms with Crippen molar-refractivity contribution in [1.29, 1.82) is 0 Å². The minimum Gasteiger partial charge on any atom is -0.469 e. The third-order valence-corrected chi connectivity index (χ3v) is 6.36. The molecule has 2 aliphatic carbocycles. The normalized spacial score (nSPS) is 30.8. The zero-order valence-corrected chi connectivity index (χ0v) is 16.5. The van der Waals surface area contributed by atoms with Crippen molar-refractivity contribution < 1.29 is 19.7 Å². The van der Waals surface area contributed by atoms with Gasteiger partial charge in [0, 0.05) is 17.7 Å². The van der Waals surface area contributed by atoms with Gasteiger partial charge in [-0.1, -0.05) is 30.7 Å². The Hall–Kier alpha value is -0.840. The predicted molar refractivity (Wildman–Crippen MR) is 104 cm³/mol. The molecule has 0 heterocycles. The summed E-state index contributed by atoms with van der Waals surface area (Å²) in [7, 11) is 1.41. The van der Waals surface area contributed by atoms with Gasteiger partial charge in [-0.2, -0.15) is 0 Å². The second-order valence-corrected chi connectivity index (χ2v) is 8.22. The first-order valence-corrected chi connectivity index (χ1v) is 10.3. The van der Waals surface area contributed by atoms with Gasteiger partial charge in [0.1, 0.15) is 0 Å². The van der Waals surface area contributed by atoms with Crippen LogP contribution in [0.3, 0.4) is 0 Å². The van der Waals surface area contributed by atoms with E-state index in [-0.39, 0.29) is 29.3 Å². The second kappa shape index (κ2) is 11.1. The second-order valence-electron chi connectivity index (χ2n) is 7.66. The monoisotopic (exact) mass is 384 g/mol. The van der Waals surface area contributed by atoms with Crippen LogP contribution in [0.15, 0.2) is 24.3 Å². The molecule has 2 fully saturated rings. The number of hydrogen-bond acceptors (Lipinski definition) is 4. The van der Waals surface area contributed by atoms with E-state index in [2.05, 4.69) is 23.0 Å². The van der Waals surface area contributed by atoms with E-state index >= 15 is 0 Å². The van der Waals surface area contributed by atoms with Crippen LogP contribution in [0.4, 0.5) is 0 Å². The van der Waals surface area contributed by atoms with Gasteiger partial charge in [-0.25, -0.2) is 0 Å². The summed E-state index contributed by atoms with van der Waals surface area (Å²) in [6.45, 7) is 0. The zero-order valence-electron chi connectivity index (χ0n) is 15.7. The lowest BCUT2D eigenvalue weighted by Gasteiger charge is -2.29. The molecule has 26 heavy (non-hydrogen) atoms. The Morgan fingerprint density at radius 3 is 2.73 bits per heavy atom. The van der Waals surface area contributed by atoms with Crippen LogP contribution >= 0.6 is 11.6 Å². The summed E-state index contributed by atoms with van der Waals surface area (Å²) in [6.07, 6.45) is 15.3.